The van der Waals surface area contributed by atoms with Gasteiger partial charge in [-0.15, -0.1) is 0 Å². The van der Waals surface area contributed by atoms with E-state index in [1.807, 2.05) is 0 Å². The average molecular weight is 389 g/mol. The summed E-state index contributed by atoms with van der Waals surface area (Å²) < 4.78 is 18.7. The lowest BCUT2D eigenvalue weighted by atomic mass is 10.1. The molecule has 1 atom stereocenters. The maximum absolute atomic E-state index is 13.4. The van der Waals surface area contributed by atoms with Gasteiger partial charge in [0.25, 0.3) is 5.91 Å². The molecule has 0 aliphatic rings. The van der Waals surface area contributed by atoms with Crippen molar-refractivity contribution in [3.63, 3.8) is 0 Å². The molecule has 2 aromatic rings. The number of carboxylic acids is 1. The number of hydrogen-bond donors (Lipinski definition) is 2. The first-order valence-corrected chi connectivity index (χ1v) is 8.47. The van der Waals surface area contributed by atoms with E-state index in [2.05, 4.69) is 0 Å². The Morgan fingerprint density at radius 1 is 1.14 bits per heavy atom. The largest absolute Gasteiger partial charge is 0.507 e. The number of rotatable bonds is 8. The van der Waals surface area contributed by atoms with E-state index in [-0.39, 0.29) is 25.0 Å². The summed E-state index contributed by atoms with van der Waals surface area (Å²) in [7, 11) is 1.27. The summed E-state index contributed by atoms with van der Waals surface area (Å²) in [6, 6.07) is 10.5. The Balaban J connectivity index is 2.17. The Kier molecular flexibility index (Phi) is 7.08. The number of ether oxygens (including phenoxy) is 1. The van der Waals surface area contributed by atoms with Crippen LogP contribution in [0.15, 0.2) is 48.5 Å². The molecule has 148 valence electrons. The van der Waals surface area contributed by atoms with Gasteiger partial charge in [-0.25, -0.2) is 9.18 Å². The number of carbonyl (C=O) groups is 3. The zero-order valence-electron chi connectivity index (χ0n) is 15.2. The molecule has 0 fully saturated rings. The van der Waals surface area contributed by atoms with Crippen LogP contribution in [0.5, 0.6) is 5.75 Å². The molecule has 2 N–H and O–H groups in total. The molecule has 8 heteroatoms. The topological polar surface area (TPSA) is 104 Å². The number of aliphatic carboxylic acids is 1. The molecule has 0 aliphatic carbocycles. The van der Waals surface area contributed by atoms with Crippen LogP contribution in [-0.4, -0.2) is 46.0 Å². The van der Waals surface area contributed by atoms with Crippen LogP contribution < -0.4 is 0 Å². The fourth-order valence-corrected chi connectivity index (χ4v) is 2.57. The van der Waals surface area contributed by atoms with E-state index >= 15 is 0 Å². The minimum absolute atomic E-state index is 0.0451. The van der Waals surface area contributed by atoms with Crippen LogP contribution in [0, 0.1) is 5.82 Å². The van der Waals surface area contributed by atoms with Gasteiger partial charge in [0.05, 0.1) is 5.56 Å². The van der Waals surface area contributed by atoms with Crippen LogP contribution in [0.1, 0.15) is 28.8 Å². The number of halogens is 1. The highest BCUT2D eigenvalue weighted by Crippen LogP contribution is 2.21. The molecule has 1 amide bonds. The summed E-state index contributed by atoms with van der Waals surface area (Å²) in [6.45, 7) is -0.0451. The number of aromatic hydroxyl groups is 1. The molecule has 0 spiro atoms. The molecule has 0 aromatic heterocycles. The molecule has 7 nitrogen and oxygen atoms in total. The highest BCUT2D eigenvalue weighted by Gasteiger charge is 2.30. The molecule has 2 aromatic carbocycles. The van der Waals surface area contributed by atoms with Gasteiger partial charge < -0.3 is 19.8 Å². The van der Waals surface area contributed by atoms with E-state index < -0.39 is 35.5 Å². The Hall–Kier alpha value is -3.42. The Bertz CT molecular complexity index is 855. The lowest BCUT2D eigenvalue weighted by Gasteiger charge is -2.26. The quantitative estimate of drug-likeness (QED) is 0.673. The second-order valence-corrected chi connectivity index (χ2v) is 6.12. The van der Waals surface area contributed by atoms with Crippen molar-refractivity contribution in [1.29, 1.82) is 0 Å². The van der Waals surface area contributed by atoms with E-state index in [0.29, 0.717) is 0 Å². The number of amides is 1. The number of phenols is 1. The van der Waals surface area contributed by atoms with Gasteiger partial charge >= 0.3 is 11.9 Å². The summed E-state index contributed by atoms with van der Waals surface area (Å²) >= 11 is 0. The monoisotopic (exact) mass is 389 g/mol. The standard InChI is InChI=1S/C20H20FNO6/c1-22(19(26)15-11-14(21)7-9-17(15)23)16(8-10-18(24)25)20(27)28-12-13-5-3-2-4-6-13/h2-7,9,11,16,23H,8,10,12H2,1H3,(H,24,25). The highest BCUT2D eigenvalue weighted by atomic mass is 19.1. The van der Waals surface area contributed by atoms with Crippen molar-refractivity contribution in [2.24, 2.45) is 0 Å². The average Bonchev–Trinajstić information content (AvgIpc) is 2.68. The number of nitrogens with zero attached hydrogens (tertiary/aromatic N) is 1. The zero-order chi connectivity index (χ0) is 20.7. The Morgan fingerprint density at radius 2 is 1.82 bits per heavy atom. The number of carboxylic acid groups (broad SMARTS) is 1. The third-order valence-electron chi connectivity index (χ3n) is 4.10. The van der Waals surface area contributed by atoms with E-state index in [1.165, 1.54) is 7.05 Å². The van der Waals surface area contributed by atoms with Crippen molar-refractivity contribution in [1.82, 2.24) is 4.90 Å². The summed E-state index contributed by atoms with van der Waals surface area (Å²) in [4.78, 5) is 37.0. The van der Waals surface area contributed by atoms with Gasteiger partial charge in [0.2, 0.25) is 0 Å². The molecule has 1 unspecified atom stereocenters. The molecule has 0 saturated heterocycles. The van der Waals surface area contributed by atoms with Crippen LogP contribution in [-0.2, 0) is 20.9 Å². The lowest BCUT2D eigenvalue weighted by molar-refractivity contribution is -0.150. The van der Waals surface area contributed by atoms with Crippen molar-refractivity contribution in [3.8, 4) is 5.75 Å². The van der Waals surface area contributed by atoms with Crippen molar-refractivity contribution in [2.45, 2.75) is 25.5 Å². The van der Waals surface area contributed by atoms with Gasteiger partial charge in [0, 0.05) is 13.5 Å². The molecule has 0 radical (unpaired) electrons. The second kappa shape index (κ2) is 9.50. The molecule has 2 rings (SSSR count). The molecule has 0 saturated carbocycles. The summed E-state index contributed by atoms with van der Waals surface area (Å²) in [6.07, 6.45) is -0.570. The van der Waals surface area contributed by atoms with Crippen molar-refractivity contribution < 1.29 is 33.7 Å². The van der Waals surface area contributed by atoms with Crippen LogP contribution in [0.25, 0.3) is 0 Å². The summed E-state index contributed by atoms with van der Waals surface area (Å²) in [5.74, 6) is -3.95. The SMILES string of the molecule is CN(C(=O)c1cc(F)ccc1O)C(CCC(=O)O)C(=O)OCc1ccccc1. The number of esters is 1. The van der Waals surface area contributed by atoms with Crippen LogP contribution in [0.4, 0.5) is 4.39 Å². The maximum atomic E-state index is 13.4. The van der Waals surface area contributed by atoms with E-state index in [1.54, 1.807) is 30.3 Å². The predicted molar refractivity (Wildman–Crippen MR) is 97.1 cm³/mol. The van der Waals surface area contributed by atoms with Gasteiger partial charge in [-0.1, -0.05) is 30.3 Å². The highest BCUT2D eigenvalue weighted by molar-refractivity contribution is 5.98. The Labute approximate surface area is 161 Å². The van der Waals surface area contributed by atoms with Gasteiger partial charge in [-0.3, -0.25) is 9.59 Å². The smallest absolute Gasteiger partial charge is 0.329 e. The molecule has 0 heterocycles. The number of phenolic OH excluding ortho intramolecular Hbond substituents is 1. The van der Waals surface area contributed by atoms with Crippen molar-refractivity contribution >= 4 is 17.8 Å². The third-order valence-corrected chi connectivity index (χ3v) is 4.10. The fourth-order valence-electron chi connectivity index (χ4n) is 2.57. The van der Waals surface area contributed by atoms with Crippen LogP contribution in [0.2, 0.25) is 0 Å². The van der Waals surface area contributed by atoms with Gasteiger partial charge in [-0.05, 0) is 30.2 Å². The summed E-state index contributed by atoms with van der Waals surface area (Å²) in [5, 5.41) is 18.7. The first-order chi connectivity index (χ1) is 13.3. The van der Waals surface area contributed by atoms with Crippen LogP contribution in [0.3, 0.4) is 0 Å². The molecule has 0 bridgehead atoms. The minimum Gasteiger partial charge on any atom is -0.507 e. The number of benzene rings is 2. The number of carbonyl (C=O) groups excluding carboxylic acids is 2. The molecular weight excluding hydrogens is 369 g/mol. The predicted octanol–water partition coefficient (Wildman–Crippen LogP) is 2.58. The lowest BCUT2D eigenvalue weighted by Crippen LogP contribution is -2.43. The first kappa shape index (κ1) is 20.9. The minimum atomic E-state index is -1.21. The maximum Gasteiger partial charge on any atom is 0.329 e. The van der Waals surface area contributed by atoms with Gasteiger partial charge in [-0.2, -0.15) is 0 Å². The van der Waals surface area contributed by atoms with E-state index in [9.17, 15) is 23.9 Å². The van der Waals surface area contributed by atoms with E-state index in [4.69, 9.17) is 9.84 Å². The van der Waals surface area contributed by atoms with Gasteiger partial charge in [0.15, 0.2) is 0 Å². The zero-order valence-corrected chi connectivity index (χ0v) is 15.2. The number of hydrogen-bond acceptors (Lipinski definition) is 5. The fraction of sp³-hybridized carbons (Fsp3) is 0.250. The van der Waals surface area contributed by atoms with Crippen molar-refractivity contribution in [2.75, 3.05) is 7.05 Å². The first-order valence-electron chi connectivity index (χ1n) is 8.47. The van der Waals surface area contributed by atoms with Crippen LogP contribution >= 0.6 is 0 Å². The molecular formula is C20H20FNO6. The van der Waals surface area contributed by atoms with E-state index in [0.717, 1.165) is 28.7 Å². The summed E-state index contributed by atoms with van der Waals surface area (Å²) in [5.41, 5.74) is 0.392. The normalized spacial score (nSPS) is 11.5. The third kappa shape index (κ3) is 5.54. The Morgan fingerprint density at radius 3 is 2.46 bits per heavy atom. The molecule has 28 heavy (non-hydrogen) atoms. The molecule has 0 aliphatic heterocycles. The number of likely N-dealkylation sites (N-methyl/N-ethyl adjacent to an activating group) is 1. The second-order valence-electron chi connectivity index (χ2n) is 6.12. The van der Waals surface area contributed by atoms with Crippen molar-refractivity contribution in [3.05, 3.63) is 65.5 Å². The van der Waals surface area contributed by atoms with Gasteiger partial charge in [0.1, 0.15) is 24.2 Å².